The quantitative estimate of drug-likeness (QED) is 0.616. The van der Waals surface area contributed by atoms with Gasteiger partial charge in [0, 0.05) is 6.04 Å². The maximum Gasteiger partial charge on any atom is 0.0291 e. The number of benzene rings is 1. The van der Waals surface area contributed by atoms with Gasteiger partial charge in [-0.3, -0.25) is 0 Å². The summed E-state index contributed by atoms with van der Waals surface area (Å²) in [6.07, 6.45) is 12.9. The zero-order valence-corrected chi connectivity index (χ0v) is 13.8. The number of aryl methyl sites for hydroxylation is 1. The summed E-state index contributed by atoms with van der Waals surface area (Å²) in [4.78, 5) is 0. The third-order valence-corrected chi connectivity index (χ3v) is 4.58. The second kappa shape index (κ2) is 9.04. The van der Waals surface area contributed by atoms with Gasteiger partial charge in [-0.15, -0.1) is 0 Å². The lowest BCUT2D eigenvalue weighted by Gasteiger charge is -2.17. The smallest absolute Gasteiger partial charge is 0.0291 e. The molecule has 1 aromatic carbocycles. The van der Waals surface area contributed by atoms with Crippen LogP contribution in [0.25, 0.3) is 0 Å². The maximum atomic E-state index is 3.67. The number of hydrogen-bond donors (Lipinski definition) is 1. The molecule has 0 aliphatic heterocycles. The average molecular weight is 285 g/mol. The molecule has 1 aliphatic carbocycles. The Morgan fingerprint density at radius 2 is 1.90 bits per heavy atom. The molecule has 1 aliphatic rings. The number of rotatable bonds is 8. The fourth-order valence-electron chi connectivity index (χ4n) is 3.05. The molecular formula is C20H31N. The molecule has 21 heavy (non-hydrogen) atoms. The van der Waals surface area contributed by atoms with Gasteiger partial charge in [-0.1, -0.05) is 49.3 Å². The fraction of sp³-hybridized carbons (Fsp3) is 0.600. The predicted molar refractivity (Wildman–Crippen MR) is 92.6 cm³/mol. The summed E-state index contributed by atoms with van der Waals surface area (Å²) in [5.41, 5.74) is 4.55. The highest BCUT2D eigenvalue weighted by Crippen LogP contribution is 2.20. The molecule has 1 N–H and O–H groups in total. The molecule has 0 saturated carbocycles. The van der Waals surface area contributed by atoms with E-state index in [9.17, 15) is 0 Å². The second-order valence-corrected chi connectivity index (χ2v) is 6.38. The summed E-state index contributed by atoms with van der Waals surface area (Å²) >= 11 is 0. The molecule has 2 rings (SSSR count). The van der Waals surface area contributed by atoms with Crippen molar-refractivity contribution in [2.24, 2.45) is 0 Å². The van der Waals surface area contributed by atoms with E-state index in [1.165, 1.54) is 62.5 Å². The van der Waals surface area contributed by atoms with Crippen molar-refractivity contribution in [3.8, 4) is 0 Å². The zero-order valence-electron chi connectivity index (χ0n) is 13.8. The van der Waals surface area contributed by atoms with Crippen molar-refractivity contribution in [3.05, 3.63) is 47.0 Å². The Morgan fingerprint density at radius 3 is 2.57 bits per heavy atom. The molecule has 0 heterocycles. The van der Waals surface area contributed by atoms with E-state index in [-0.39, 0.29) is 0 Å². The molecule has 0 radical (unpaired) electrons. The van der Waals surface area contributed by atoms with Gasteiger partial charge in [0.2, 0.25) is 0 Å². The third kappa shape index (κ3) is 5.67. The third-order valence-electron chi connectivity index (χ3n) is 4.58. The van der Waals surface area contributed by atoms with Crippen LogP contribution in [0.1, 0.15) is 76.0 Å². The lowest BCUT2D eigenvalue weighted by Crippen LogP contribution is -2.20. The van der Waals surface area contributed by atoms with E-state index in [0.717, 1.165) is 6.54 Å². The van der Waals surface area contributed by atoms with Crippen LogP contribution in [0.2, 0.25) is 0 Å². The van der Waals surface area contributed by atoms with Gasteiger partial charge in [0.25, 0.3) is 0 Å². The van der Waals surface area contributed by atoms with Crippen LogP contribution in [0.3, 0.4) is 0 Å². The Morgan fingerprint density at radius 1 is 1.10 bits per heavy atom. The van der Waals surface area contributed by atoms with Crippen LogP contribution in [0, 0.1) is 0 Å². The molecule has 1 atom stereocenters. The fourth-order valence-corrected chi connectivity index (χ4v) is 3.05. The molecule has 0 amide bonds. The van der Waals surface area contributed by atoms with Crippen LogP contribution >= 0.6 is 0 Å². The Kier molecular flexibility index (Phi) is 7.02. The van der Waals surface area contributed by atoms with Crippen LogP contribution in [-0.2, 0) is 6.42 Å². The highest BCUT2D eigenvalue weighted by Gasteiger charge is 2.07. The van der Waals surface area contributed by atoms with Gasteiger partial charge >= 0.3 is 0 Å². The lowest BCUT2D eigenvalue weighted by molar-refractivity contribution is 0.562. The minimum Gasteiger partial charge on any atom is -0.310 e. The highest BCUT2D eigenvalue weighted by atomic mass is 14.9. The molecule has 1 nitrogen and oxygen atoms in total. The minimum atomic E-state index is 0.453. The molecule has 0 aromatic heterocycles. The zero-order chi connectivity index (χ0) is 14.9. The van der Waals surface area contributed by atoms with E-state index < -0.39 is 0 Å². The topological polar surface area (TPSA) is 12.0 Å². The Labute approximate surface area is 130 Å². The van der Waals surface area contributed by atoms with E-state index in [1.807, 2.05) is 0 Å². The number of allylic oxidation sites excluding steroid dienone is 1. The van der Waals surface area contributed by atoms with Crippen molar-refractivity contribution in [1.29, 1.82) is 0 Å². The van der Waals surface area contributed by atoms with Crippen molar-refractivity contribution in [3.63, 3.8) is 0 Å². The first-order valence-electron chi connectivity index (χ1n) is 8.79. The normalized spacial score (nSPS) is 16.6. The summed E-state index contributed by atoms with van der Waals surface area (Å²) < 4.78 is 0. The lowest BCUT2D eigenvalue weighted by atomic mass is 9.97. The molecule has 1 heteroatoms. The van der Waals surface area contributed by atoms with E-state index in [1.54, 1.807) is 5.57 Å². The van der Waals surface area contributed by atoms with E-state index in [2.05, 4.69) is 49.5 Å². The first-order valence-corrected chi connectivity index (χ1v) is 8.79. The van der Waals surface area contributed by atoms with Crippen molar-refractivity contribution in [2.45, 2.75) is 71.3 Å². The van der Waals surface area contributed by atoms with Crippen LogP contribution in [0.15, 0.2) is 35.9 Å². The largest absolute Gasteiger partial charge is 0.310 e. The molecule has 0 bridgehead atoms. The number of hydrogen-bond acceptors (Lipinski definition) is 1. The van der Waals surface area contributed by atoms with Gasteiger partial charge in [-0.05, 0) is 69.5 Å². The molecule has 1 unspecified atom stereocenters. The van der Waals surface area contributed by atoms with Crippen molar-refractivity contribution >= 4 is 0 Å². The van der Waals surface area contributed by atoms with Crippen molar-refractivity contribution in [2.75, 3.05) is 6.54 Å². The Bertz CT molecular complexity index is 430. The van der Waals surface area contributed by atoms with Gasteiger partial charge in [-0.2, -0.15) is 0 Å². The van der Waals surface area contributed by atoms with E-state index in [0.29, 0.717) is 6.04 Å². The summed E-state index contributed by atoms with van der Waals surface area (Å²) in [7, 11) is 0. The first kappa shape index (κ1) is 16.3. The molecule has 1 aromatic rings. The summed E-state index contributed by atoms with van der Waals surface area (Å²) in [6.45, 7) is 5.63. The number of unbranched alkanes of at least 4 members (excludes halogenated alkanes) is 1. The van der Waals surface area contributed by atoms with Crippen LogP contribution in [-0.4, -0.2) is 6.54 Å². The summed E-state index contributed by atoms with van der Waals surface area (Å²) in [5.74, 6) is 0. The molecule has 0 spiro atoms. The van der Waals surface area contributed by atoms with Gasteiger partial charge in [0.05, 0.1) is 0 Å². The van der Waals surface area contributed by atoms with Crippen molar-refractivity contribution in [1.82, 2.24) is 5.32 Å². The number of nitrogens with one attached hydrogen (secondary N) is 1. The molecule has 0 saturated heterocycles. The maximum absolute atomic E-state index is 3.67. The van der Waals surface area contributed by atoms with Gasteiger partial charge in [0.1, 0.15) is 0 Å². The van der Waals surface area contributed by atoms with Crippen LogP contribution < -0.4 is 5.32 Å². The first-order chi connectivity index (χ1) is 10.3. The molecular weight excluding hydrogens is 254 g/mol. The predicted octanol–water partition coefficient (Wildman–Crippen LogP) is 5.57. The summed E-state index contributed by atoms with van der Waals surface area (Å²) in [6, 6.07) is 9.64. The van der Waals surface area contributed by atoms with E-state index >= 15 is 0 Å². The minimum absolute atomic E-state index is 0.453. The molecule has 0 fully saturated rings. The highest BCUT2D eigenvalue weighted by molar-refractivity contribution is 5.24. The van der Waals surface area contributed by atoms with Crippen LogP contribution in [0.5, 0.6) is 0 Å². The molecule has 116 valence electrons. The Balaban J connectivity index is 1.74. The second-order valence-electron chi connectivity index (χ2n) is 6.38. The average Bonchev–Trinajstić information content (AvgIpc) is 2.54. The van der Waals surface area contributed by atoms with Gasteiger partial charge in [0.15, 0.2) is 0 Å². The monoisotopic (exact) mass is 285 g/mol. The standard InChI is InChI=1S/C20H31N/c1-3-4-8-19-11-13-20(14-12-19)17(2)21-16-15-18-9-6-5-7-10-18/h9,11-14,17,21H,3-8,10,15-16H2,1-2H3. The van der Waals surface area contributed by atoms with Crippen molar-refractivity contribution < 1.29 is 0 Å². The van der Waals surface area contributed by atoms with E-state index in [4.69, 9.17) is 0 Å². The van der Waals surface area contributed by atoms with Gasteiger partial charge in [-0.25, -0.2) is 0 Å². The SMILES string of the molecule is CCCCc1ccc(C(C)NCCC2=CCCCC2)cc1. The van der Waals surface area contributed by atoms with Gasteiger partial charge < -0.3 is 5.32 Å². The Hall–Kier alpha value is -1.08. The van der Waals surface area contributed by atoms with Crippen LogP contribution in [0.4, 0.5) is 0 Å². The summed E-state index contributed by atoms with van der Waals surface area (Å²) in [5, 5.41) is 3.67.